The van der Waals surface area contributed by atoms with Crippen LogP contribution in [0.2, 0.25) is 0 Å². The summed E-state index contributed by atoms with van der Waals surface area (Å²) < 4.78 is 49.0. The molecule has 3 amide bonds. The number of rotatable bonds is 15. The van der Waals surface area contributed by atoms with Gasteiger partial charge >= 0.3 is 17.9 Å². The molecule has 6 aromatic carbocycles. The molecule has 14 nitrogen and oxygen atoms in total. The highest BCUT2D eigenvalue weighted by atomic mass is 19.1. The predicted octanol–water partition coefficient (Wildman–Crippen LogP) is 10.7. The largest absolute Gasteiger partial charge is 0.478 e. The number of fused-ring (bicyclic) bond motifs is 2. The fourth-order valence-electron chi connectivity index (χ4n) is 9.90. The van der Waals surface area contributed by atoms with E-state index in [0.29, 0.717) is 79.5 Å². The highest BCUT2D eigenvalue weighted by Crippen LogP contribution is 2.57. The maximum Gasteiger partial charge on any atom is 0.335 e. The summed E-state index contributed by atoms with van der Waals surface area (Å²) in [4.78, 5) is 74.5. The molecule has 3 aliphatic rings. The number of methoxy groups -OCH3 is 2. The molecule has 2 heterocycles. The molecule has 0 saturated heterocycles. The van der Waals surface area contributed by atoms with Crippen LogP contribution in [0.4, 0.5) is 8.78 Å². The van der Waals surface area contributed by atoms with Gasteiger partial charge in [0.2, 0.25) is 0 Å². The maximum absolute atomic E-state index is 13.6. The van der Waals surface area contributed by atoms with E-state index in [1.54, 1.807) is 42.5 Å². The number of furan rings is 2. The van der Waals surface area contributed by atoms with Crippen molar-refractivity contribution in [3.8, 4) is 44.9 Å². The normalized spacial score (nSPS) is 15.1. The monoisotopic (exact) mass is 1020 g/mol. The molecular weight excluding hydrogens is 965 g/mol. The Hall–Kier alpha value is -8.92. The van der Waals surface area contributed by atoms with Crippen LogP contribution in [0.1, 0.15) is 84.7 Å². The van der Waals surface area contributed by atoms with Crippen LogP contribution in [-0.4, -0.2) is 74.6 Å². The fraction of sp³-hybridized carbons (Fsp3) is 0.220. The standard InChI is InChI=1S/C32H29FN2O5.C27H22FNO6/c1-34-31(38)28-25-14-24(20-4-3-5-22(12-20)30(37)35-32-15-18(16-32)17-32)21(8-11-27(36)39-2)13-26(25)40-29(28)19-6-9-23(33)10-7-19;1-29-26(31)24-21-14-20(16-4-3-5-18(12-16)27(32)33)17(8-11-23(30)34-2)13-22(21)35-25(24)15-6-9-19(28)10-7-15/h3-7,9-10,12-14,18H,8,11,15-17H2,1-2H3,(H,34,38)(H,35,37);3-7,9-10,12-14H,8,11H2,1-2H3,(H,29,31)(H,32,33). The number of aryl methyl sites for hydroxylation is 2. The van der Waals surface area contributed by atoms with Gasteiger partial charge in [-0.2, -0.15) is 0 Å². The van der Waals surface area contributed by atoms with Gasteiger partial charge in [-0.3, -0.25) is 24.0 Å². The van der Waals surface area contributed by atoms with Gasteiger partial charge in [-0.25, -0.2) is 13.6 Å². The molecule has 3 fully saturated rings. The number of carbonyl (C=O) groups is 6. The third-order valence-corrected chi connectivity index (χ3v) is 13.9. The summed E-state index contributed by atoms with van der Waals surface area (Å²) in [6.07, 6.45) is 4.05. The molecule has 11 rings (SSSR count). The first kappa shape index (κ1) is 51.0. The molecule has 3 aliphatic carbocycles. The number of nitrogens with one attached hydrogen (secondary N) is 3. The summed E-state index contributed by atoms with van der Waals surface area (Å²) in [7, 11) is 5.68. The lowest BCUT2D eigenvalue weighted by atomic mass is 9.50. The number of halogens is 2. The number of carboxylic acids is 1. The summed E-state index contributed by atoms with van der Waals surface area (Å²) in [6, 6.07) is 32.3. The quantitative estimate of drug-likeness (QED) is 0.0712. The van der Waals surface area contributed by atoms with Crippen molar-refractivity contribution in [3.05, 3.63) is 166 Å². The Morgan fingerprint density at radius 2 is 1.00 bits per heavy atom. The highest BCUT2D eigenvalue weighted by Gasteiger charge is 2.57. The zero-order valence-electron chi connectivity index (χ0n) is 41.4. The number of amides is 3. The zero-order chi connectivity index (χ0) is 53.1. The highest BCUT2D eigenvalue weighted by molar-refractivity contribution is 6.13. The first-order chi connectivity index (χ1) is 36.1. The lowest BCUT2D eigenvalue weighted by molar-refractivity contribution is -0.141. The Labute approximate surface area is 429 Å². The predicted molar refractivity (Wildman–Crippen MR) is 276 cm³/mol. The summed E-state index contributed by atoms with van der Waals surface area (Å²) in [6.45, 7) is 0. The van der Waals surface area contributed by atoms with Gasteiger partial charge in [0.1, 0.15) is 34.3 Å². The van der Waals surface area contributed by atoms with Crippen molar-refractivity contribution >= 4 is 57.6 Å². The van der Waals surface area contributed by atoms with E-state index in [9.17, 15) is 42.7 Å². The van der Waals surface area contributed by atoms with Crippen LogP contribution in [0.3, 0.4) is 0 Å². The van der Waals surface area contributed by atoms with Crippen LogP contribution in [0.5, 0.6) is 0 Å². The topological polar surface area (TPSA) is 203 Å². The summed E-state index contributed by atoms with van der Waals surface area (Å²) >= 11 is 0. The molecule has 382 valence electrons. The van der Waals surface area contributed by atoms with Crippen LogP contribution in [0.25, 0.3) is 66.8 Å². The van der Waals surface area contributed by atoms with Crippen LogP contribution in [0.15, 0.2) is 130 Å². The van der Waals surface area contributed by atoms with Gasteiger partial charge in [0, 0.05) is 59.9 Å². The molecular formula is C59H51F2N3O11. The first-order valence-electron chi connectivity index (χ1n) is 24.2. The summed E-state index contributed by atoms with van der Waals surface area (Å²) in [5, 5.41) is 19.0. The number of benzene rings is 6. The number of aromatic carboxylic acids is 1. The molecule has 0 radical (unpaired) electrons. The van der Waals surface area contributed by atoms with Gasteiger partial charge in [-0.15, -0.1) is 0 Å². The number of hydrogen-bond acceptors (Lipinski definition) is 10. The van der Waals surface area contributed by atoms with Crippen molar-refractivity contribution in [1.29, 1.82) is 0 Å². The van der Waals surface area contributed by atoms with E-state index in [4.69, 9.17) is 18.3 Å². The molecule has 75 heavy (non-hydrogen) atoms. The Bertz CT molecular complexity index is 3540. The van der Waals surface area contributed by atoms with Gasteiger partial charge in [0.15, 0.2) is 0 Å². The lowest BCUT2D eigenvalue weighted by Crippen LogP contribution is -2.68. The second kappa shape index (κ2) is 21.3. The molecule has 2 bridgehead atoms. The minimum atomic E-state index is -1.07. The van der Waals surface area contributed by atoms with Gasteiger partial charge in [0.25, 0.3) is 17.7 Å². The Morgan fingerprint density at radius 3 is 1.39 bits per heavy atom. The van der Waals surface area contributed by atoms with E-state index in [-0.39, 0.29) is 53.1 Å². The van der Waals surface area contributed by atoms with Gasteiger partial charge in [-0.05, 0) is 168 Å². The molecule has 8 aromatic rings. The molecule has 3 saturated carbocycles. The second-order valence-corrected chi connectivity index (χ2v) is 18.6. The average molecular weight is 1020 g/mol. The van der Waals surface area contributed by atoms with Gasteiger partial charge in [-0.1, -0.05) is 24.3 Å². The summed E-state index contributed by atoms with van der Waals surface area (Å²) in [5.41, 5.74) is 7.47. The van der Waals surface area contributed by atoms with E-state index in [1.165, 1.54) is 76.8 Å². The number of carboxylic acid groups (broad SMARTS) is 1. The van der Waals surface area contributed by atoms with Crippen LogP contribution >= 0.6 is 0 Å². The molecule has 0 spiro atoms. The number of carbonyl (C=O) groups excluding carboxylic acids is 5. The Kier molecular flexibility index (Phi) is 14.5. The zero-order valence-corrected chi connectivity index (χ0v) is 41.4. The minimum Gasteiger partial charge on any atom is -0.478 e. The van der Waals surface area contributed by atoms with Crippen molar-refractivity contribution in [2.24, 2.45) is 5.92 Å². The molecule has 16 heteroatoms. The van der Waals surface area contributed by atoms with Crippen LogP contribution in [-0.2, 0) is 31.9 Å². The van der Waals surface area contributed by atoms with E-state index >= 15 is 0 Å². The summed E-state index contributed by atoms with van der Waals surface area (Å²) in [5.74, 6) is -2.14. The SMILES string of the molecule is CNC(=O)c1c(-c2ccc(F)cc2)oc2cc(CCC(=O)OC)c(-c3cccc(C(=O)NC45CC(C4)C5)c3)cc12.CNC(=O)c1c(-c2ccc(F)cc2)oc2cc(CCC(=O)OC)c(-c3cccc(C(=O)O)c3)cc12. The van der Waals surface area contributed by atoms with Crippen molar-refractivity contribution in [2.45, 2.75) is 50.5 Å². The van der Waals surface area contributed by atoms with Crippen molar-refractivity contribution in [3.63, 3.8) is 0 Å². The van der Waals surface area contributed by atoms with Crippen molar-refractivity contribution < 1.29 is 61.0 Å². The second-order valence-electron chi connectivity index (χ2n) is 18.6. The van der Waals surface area contributed by atoms with Gasteiger partial charge < -0.3 is 39.4 Å². The number of ether oxygens (including phenoxy) is 2. The average Bonchev–Trinajstić information content (AvgIpc) is 3.99. The minimum absolute atomic E-state index is 0.0434. The smallest absolute Gasteiger partial charge is 0.335 e. The van der Waals surface area contributed by atoms with E-state index in [2.05, 4.69) is 16.0 Å². The molecule has 2 aromatic heterocycles. The number of hydrogen-bond donors (Lipinski definition) is 4. The third-order valence-electron chi connectivity index (χ3n) is 13.9. The molecule has 0 unspecified atom stereocenters. The maximum atomic E-state index is 13.6. The van der Waals surface area contributed by atoms with Crippen LogP contribution < -0.4 is 16.0 Å². The van der Waals surface area contributed by atoms with Crippen LogP contribution in [0, 0.1) is 17.6 Å². The molecule has 0 atom stereocenters. The van der Waals surface area contributed by atoms with E-state index in [0.717, 1.165) is 41.9 Å². The van der Waals surface area contributed by atoms with Crippen molar-refractivity contribution in [2.75, 3.05) is 28.3 Å². The van der Waals surface area contributed by atoms with Gasteiger partial charge in [0.05, 0.1) is 30.9 Å². The van der Waals surface area contributed by atoms with Crippen molar-refractivity contribution in [1.82, 2.24) is 16.0 Å². The molecule has 4 N–H and O–H groups in total. The Balaban J connectivity index is 0.000000186. The fourth-order valence-corrected chi connectivity index (χ4v) is 9.90. The third kappa shape index (κ3) is 10.5. The molecule has 0 aliphatic heterocycles. The lowest BCUT2D eigenvalue weighted by Gasteiger charge is -2.61. The first-order valence-corrected chi connectivity index (χ1v) is 24.2. The van der Waals surface area contributed by atoms with E-state index in [1.807, 2.05) is 30.3 Å². The Morgan fingerprint density at radius 1 is 0.573 bits per heavy atom. The number of esters is 2. The van der Waals surface area contributed by atoms with E-state index < -0.39 is 29.5 Å².